The molecule has 1 aromatic heterocycles. The maximum Gasteiger partial charge on any atom is 0.256 e. The maximum absolute atomic E-state index is 12.2. The van der Waals surface area contributed by atoms with E-state index in [4.69, 9.17) is 10.5 Å². The van der Waals surface area contributed by atoms with Crippen molar-refractivity contribution in [1.82, 2.24) is 20.0 Å². The van der Waals surface area contributed by atoms with Crippen molar-refractivity contribution in [2.75, 3.05) is 75.1 Å². The molecule has 3 heterocycles. The van der Waals surface area contributed by atoms with Gasteiger partial charge in [-0.2, -0.15) is 5.10 Å². The molecule has 3 aromatic rings. The Kier molecular flexibility index (Phi) is 10.0. The summed E-state index contributed by atoms with van der Waals surface area (Å²) in [6.07, 6.45) is 0.890. The molecule has 2 aromatic carbocycles. The first-order valence-electron chi connectivity index (χ1n) is 13.7. The number of piperazine rings is 1. The van der Waals surface area contributed by atoms with Gasteiger partial charge in [-0.1, -0.05) is 12.1 Å². The number of nitrogens with one attached hydrogen (secondary N) is 3. The molecule has 2 aliphatic rings. The van der Waals surface area contributed by atoms with Gasteiger partial charge >= 0.3 is 0 Å². The van der Waals surface area contributed by atoms with Crippen LogP contribution in [0.5, 0.6) is 5.75 Å². The number of amides is 2. The number of aromatic amines is 1. The summed E-state index contributed by atoms with van der Waals surface area (Å²) in [5, 5.41) is 23.4. The molecule has 12 heteroatoms. The number of morpholine rings is 1. The lowest BCUT2D eigenvalue weighted by Crippen LogP contribution is -2.45. The Hall–Kier alpha value is -4.29. The predicted octanol–water partition coefficient (Wildman–Crippen LogP) is 2.41. The lowest BCUT2D eigenvalue weighted by atomic mass is 10.1. The van der Waals surface area contributed by atoms with Crippen LogP contribution in [0.25, 0.3) is 0 Å². The number of carbonyl (C=O) groups is 2. The first-order valence-corrected chi connectivity index (χ1v) is 13.7. The number of ether oxygens (including phenoxy) is 1. The molecule has 0 atom stereocenters. The number of aryl methyl sites for hydroxylation is 2. The Morgan fingerprint density at radius 2 is 1.71 bits per heavy atom. The molecule has 0 aliphatic carbocycles. The number of phenolic OH excluding ortho intramolecular Hbond substituents is 1. The van der Waals surface area contributed by atoms with Crippen LogP contribution in [0.4, 0.5) is 23.0 Å². The first kappa shape index (κ1) is 29.7. The molecule has 2 fully saturated rings. The minimum Gasteiger partial charge on any atom is -0.507 e. The molecular formula is C29H40N8O4. The molecule has 12 nitrogen and oxygen atoms in total. The third-order valence-corrected chi connectivity index (χ3v) is 7.22. The van der Waals surface area contributed by atoms with Crippen molar-refractivity contribution in [3.8, 4) is 5.75 Å². The largest absolute Gasteiger partial charge is 0.507 e. The number of nitrogens with zero attached hydrogens (tertiary/aromatic N) is 4. The number of rotatable bonds is 8. The Morgan fingerprint density at radius 1 is 1.07 bits per heavy atom. The van der Waals surface area contributed by atoms with Gasteiger partial charge in [-0.3, -0.25) is 14.7 Å². The summed E-state index contributed by atoms with van der Waals surface area (Å²) in [6, 6.07) is 11.6. The highest BCUT2D eigenvalue weighted by Crippen LogP contribution is 2.28. The van der Waals surface area contributed by atoms with Gasteiger partial charge in [0, 0.05) is 57.2 Å². The molecule has 0 spiro atoms. The van der Waals surface area contributed by atoms with Crippen LogP contribution >= 0.6 is 0 Å². The van der Waals surface area contributed by atoms with Crippen molar-refractivity contribution in [3.05, 3.63) is 58.7 Å². The Labute approximate surface area is 240 Å². The maximum atomic E-state index is 12.2. The van der Waals surface area contributed by atoms with Crippen LogP contribution in [0, 0.1) is 13.8 Å². The van der Waals surface area contributed by atoms with Crippen LogP contribution in [0.1, 0.15) is 27.0 Å². The molecule has 2 saturated heterocycles. The van der Waals surface area contributed by atoms with E-state index >= 15 is 0 Å². The van der Waals surface area contributed by atoms with E-state index in [1.165, 1.54) is 0 Å². The molecule has 2 amide bonds. The second-order valence-electron chi connectivity index (χ2n) is 10.3. The fourth-order valence-electron chi connectivity index (χ4n) is 4.77. The second-order valence-corrected chi connectivity index (χ2v) is 10.3. The molecule has 0 unspecified atom stereocenters. The summed E-state index contributed by atoms with van der Waals surface area (Å²) in [5.41, 5.74) is 10.2. The van der Waals surface area contributed by atoms with E-state index in [0.29, 0.717) is 31.3 Å². The minimum absolute atomic E-state index is 0.237. The first-order chi connectivity index (χ1) is 19.7. The van der Waals surface area contributed by atoms with Gasteiger partial charge < -0.3 is 40.9 Å². The normalized spacial score (nSPS) is 15.6. The summed E-state index contributed by atoms with van der Waals surface area (Å²) in [5.74, 6) is 0.423. The van der Waals surface area contributed by atoms with E-state index in [9.17, 15) is 14.7 Å². The zero-order valence-corrected chi connectivity index (χ0v) is 23.9. The number of anilines is 4. The van der Waals surface area contributed by atoms with Gasteiger partial charge in [-0.05, 0) is 61.9 Å². The molecular weight excluding hydrogens is 524 g/mol. The average Bonchev–Trinajstić information content (AvgIpc) is 3.38. The summed E-state index contributed by atoms with van der Waals surface area (Å²) in [4.78, 5) is 29.3. The summed E-state index contributed by atoms with van der Waals surface area (Å²) in [6.45, 7) is 11.1. The fraction of sp³-hybridized carbons (Fsp3) is 0.414. The van der Waals surface area contributed by atoms with Crippen molar-refractivity contribution < 1.29 is 19.4 Å². The number of nitrogens with two attached hydrogens (primary N) is 1. The number of hydrogen-bond acceptors (Lipinski definition) is 9. The van der Waals surface area contributed by atoms with E-state index < -0.39 is 5.91 Å². The van der Waals surface area contributed by atoms with Crippen LogP contribution in [0.15, 0.2) is 36.4 Å². The van der Waals surface area contributed by atoms with Crippen LogP contribution in [-0.4, -0.2) is 97.0 Å². The Balaban J connectivity index is 0.000000483. The van der Waals surface area contributed by atoms with E-state index in [0.717, 1.165) is 73.9 Å². The predicted molar refractivity (Wildman–Crippen MR) is 160 cm³/mol. The van der Waals surface area contributed by atoms with Crippen molar-refractivity contribution in [3.63, 3.8) is 0 Å². The zero-order valence-electron chi connectivity index (χ0n) is 23.9. The highest BCUT2D eigenvalue weighted by atomic mass is 16.5. The Morgan fingerprint density at radius 3 is 2.24 bits per heavy atom. The van der Waals surface area contributed by atoms with Gasteiger partial charge in [0.05, 0.1) is 13.2 Å². The average molecular weight is 565 g/mol. The summed E-state index contributed by atoms with van der Waals surface area (Å²) in [7, 11) is 2.11. The van der Waals surface area contributed by atoms with Crippen LogP contribution in [-0.2, 0) is 16.1 Å². The lowest BCUT2D eigenvalue weighted by Gasteiger charge is -2.34. The van der Waals surface area contributed by atoms with Crippen LogP contribution in [0.2, 0.25) is 0 Å². The van der Waals surface area contributed by atoms with Gasteiger partial charge in [-0.15, -0.1) is 0 Å². The number of hydrogen-bond donors (Lipinski definition) is 5. The summed E-state index contributed by atoms with van der Waals surface area (Å²) >= 11 is 0. The van der Waals surface area contributed by atoms with E-state index in [-0.39, 0.29) is 11.3 Å². The number of aromatic hydroxyl groups is 1. The number of phenols is 1. The summed E-state index contributed by atoms with van der Waals surface area (Å²) < 4.78 is 5.10. The number of carbonyl (C=O) groups excluding carboxylic acids is 2. The fourth-order valence-corrected chi connectivity index (χ4v) is 4.77. The van der Waals surface area contributed by atoms with Gasteiger partial charge in [-0.25, -0.2) is 0 Å². The van der Waals surface area contributed by atoms with Crippen molar-refractivity contribution in [2.45, 2.75) is 20.4 Å². The third-order valence-electron chi connectivity index (χ3n) is 7.22. The molecule has 41 heavy (non-hydrogen) atoms. The molecule has 220 valence electrons. The van der Waals surface area contributed by atoms with E-state index in [2.05, 4.69) is 37.7 Å². The number of likely N-dealkylation sites (N-methyl/N-ethyl adjacent to an activating group) is 1. The van der Waals surface area contributed by atoms with Crippen LogP contribution in [0.3, 0.4) is 0 Å². The van der Waals surface area contributed by atoms with E-state index in [1.54, 1.807) is 4.90 Å². The monoisotopic (exact) mass is 564 g/mol. The molecule has 0 bridgehead atoms. The zero-order chi connectivity index (χ0) is 29.4. The smallest absolute Gasteiger partial charge is 0.256 e. The van der Waals surface area contributed by atoms with Crippen molar-refractivity contribution in [1.29, 1.82) is 0 Å². The molecule has 0 saturated carbocycles. The molecule has 5 rings (SSSR count). The van der Waals surface area contributed by atoms with Gasteiger partial charge in [0.1, 0.15) is 17.1 Å². The van der Waals surface area contributed by atoms with Gasteiger partial charge in [0.2, 0.25) is 6.41 Å². The number of aromatic nitrogens is 2. The number of primary amides is 1. The van der Waals surface area contributed by atoms with Gasteiger partial charge in [0.15, 0.2) is 5.82 Å². The molecule has 2 aliphatic heterocycles. The Bertz CT molecular complexity index is 1290. The SMILES string of the molecule is CN1CCOCC1.Cc1cc(CNc2n[nH]c(Nc3ccc(N4CCN(C=O)CC4)cc3)c2C(N)=O)cc(C)c1O. The minimum atomic E-state index is -0.610. The molecule has 6 N–H and O–H groups in total. The topological polar surface area (TPSA) is 152 Å². The number of benzene rings is 2. The van der Waals surface area contributed by atoms with Gasteiger partial charge in [0.25, 0.3) is 5.91 Å². The lowest BCUT2D eigenvalue weighted by molar-refractivity contribution is -0.118. The van der Waals surface area contributed by atoms with Crippen molar-refractivity contribution in [2.24, 2.45) is 5.73 Å². The van der Waals surface area contributed by atoms with E-state index in [1.807, 2.05) is 50.2 Å². The van der Waals surface area contributed by atoms with Crippen LogP contribution < -0.4 is 21.3 Å². The standard InChI is InChI=1S/C24H29N7O3.C5H11NO/c1-15-11-17(12-16(2)21(15)33)13-26-23-20(22(25)34)24(29-28-23)27-18-3-5-19(6-4-18)31-9-7-30(14-32)8-10-31;1-6-2-4-7-5-3-6/h3-6,11-12,14,33H,7-10,13H2,1-2H3,(H2,25,34)(H3,26,27,28,29);2-5H2,1H3. The second kappa shape index (κ2) is 13.9. The van der Waals surface area contributed by atoms with Crippen molar-refractivity contribution >= 4 is 35.3 Å². The third kappa shape index (κ3) is 7.89. The molecule has 0 radical (unpaired) electrons. The highest BCUT2D eigenvalue weighted by Gasteiger charge is 2.20. The quantitative estimate of drug-likeness (QED) is 0.260. The highest BCUT2D eigenvalue weighted by molar-refractivity contribution is 6.03. The number of H-pyrrole nitrogens is 1.